The SMILES string of the molecule is N#C/C(=C(/O)CSc1nnc(NCc2ccco2)s1)c1nc2ccccc2[nH]1. The number of allylic oxidation sites excluding steroid dienone is 1. The van der Waals surface area contributed by atoms with Gasteiger partial charge in [-0.3, -0.25) is 0 Å². The molecular formula is C18H14N6O2S2. The number of nitrogens with one attached hydrogen (secondary N) is 2. The lowest BCUT2D eigenvalue weighted by molar-refractivity contribution is 0.420. The molecule has 0 atom stereocenters. The van der Waals surface area contributed by atoms with Gasteiger partial charge in [0.15, 0.2) is 10.2 Å². The van der Waals surface area contributed by atoms with Crippen molar-refractivity contribution in [2.75, 3.05) is 11.1 Å². The molecule has 0 fully saturated rings. The molecule has 0 aliphatic rings. The van der Waals surface area contributed by atoms with E-state index in [9.17, 15) is 10.4 Å². The fourth-order valence-corrected chi connectivity index (χ4v) is 4.07. The smallest absolute Gasteiger partial charge is 0.206 e. The van der Waals surface area contributed by atoms with Crippen molar-refractivity contribution in [3.63, 3.8) is 0 Å². The maximum absolute atomic E-state index is 10.4. The number of nitrogens with zero attached hydrogens (tertiary/aromatic N) is 4. The monoisotopic (exact) mass is 410 g/mol. The van der Waals surface area contributed by atoms with Gasteiger partial charge >= 0.3 is 0 Å². The molecule has 0 radical (unpaired) electrons. The molecule has 3 heterocycles. The Morgan fingerprint density at radius 3 is 2.96 bits per heavy atom. The molecule has 140 valence electrons. The molecule has 0 spiro atoms. The van der Waals surface area contributed by atoms with Crippen LogP contribution in [0.15, 0.2) is 57.2 Å². The summed E-state index contributed by atoms with van der Waals surface area (Å²) in [6, 6.07) is 13.2. The largest absolute Gasteiger partial charge is 0.510 e. The quantitative estimate of drug-likeness (QED) is 0.235. The summed E-state index contributed by atoms with van der Waals surface area (Å²) in [5, 5.41) is 31.8. The highest BCUT2D eigenvalue weighted by atomic mass is 32.2. The summed E-state index contributed by atoms with van der Waals surface area (Å²) in [6.45, 7) is 0.516. The van der Waals surface area contributed by atoms with E-state index in [2.05, 4.69) is 25.5 Å². The van der Waals surface area contributed by atoms with E-state index in [1.807, 2.05) is 42.5 Å². The first kappa shape index (κ1) is 18.1. The van der Waals surface area contributed by atoms with Crippen LogP contribution in [0.25, 0.3) is 16.6 Å². The number of fused-ring (bicyclic) bond motifs is 1. The third kappa shape index (κ3) is 4.00. The Kier molecular flexibility index (Phi) is 5.27. The molecule has 0 unspecified atom stereocenters. The number of anilines is 1. The molecule has 0 saturated carbocycles. The number of H-pyrrole nitrogens is 1. The Bertz CT molecular complexity index is 1120. The van der Waals surface area contributed by atoms with Crippen LogP contribution in [0.4, 0.5) is 5.13 Å². The first-order chi connectivity index (χ1) is 13.7. The van der Waals surface area contributed by atoms with E-state index in [-0.39, 0.29) is 17.1 Å². The minimum Gasteiger partial charge on any atom is -0.510 e. The average molecular weight is 410 g/mol. The van der Waals surface area contributed by atoms with Gasteiger partial charge in [0.05, 0.1) is 29.6 Å². The van der Waals surface area contributed by atoms with Crippen LogP contribution in [-0.2, 0) is 6.54 Å². The number of furan rings is 1. The number of rotatable bonds is 7. The average Bonchev–Trinajstić information content (AvgIpc) is 3.45. The van der Waals surface area contributed by atoms with E-state index in [1.165, 1.54) is 23.1 Å². The van der Waals surface area contributed by atoms with Crippen LogP contribution in [0.2, 0.25) is 0 Å². The molecule has 3 aromatic heterocycles. The van der Waals surface area contributed by atoms with Gasteiger partial charge in [0.25, 0.3) is 0 Å². The first-order valence-electron chi connectivity index (χ1n) is 8.23. The zero-order valence-electron chi connectivity index (χ0n) is 14.4. The Balaban J connectivity index is 1.42. The molecule has 0 amide bonds. The van der Waals surface area contributed by atoms with E-state index in [4.69, 9.17) is 4.42 Å². The Morgan fingerprint density at radius 2 is 2.18 bits per heavy atom. The predicted molar refractivity (Wildman–Crippen MR) is 108 cm³/mol. The van der Waals surface area contributed by atoms with Gasteiger partial charge < -0.3 is 19.8 Å². The zero-order chi connectivity index (χ0) is 19.3. The molecule has 4 aromatic rings. The molecule has 10 heteroatoms. The molecule has 0 aliphatic heterocycles. The van der Waals surface area contributed by atoms with E-state index >= 15 is 0 Å². The topological polar surface area (TPSA) is 124 Å². The number of nitriles is 1. The number of imidazole rings is 1. The molecule has 28 heavy (non-hydrogen) atoms. The lowest BCUT2D eigenvalue weighted by Gasteiger charge is -2.00. The van der Waals surface area contributed by atoms with Crippen molar-refractivity contribution in [1.29, 1.82) is 5.26 Å². The summed E-state index contributed by atoms with van der Waals surface area (Å²) in [7, 11) is 0. The van der Waals surface area contributed by atoms with Crippen molar-refractivity contribution in [2.24, 2.45) is 0 Å². The summed E-state index contributed by atoms with van der Waals surface area (Å²) in [4.78, 5) is 7.42. The third-order valence-corrected chi connectivity index (χ3v) is 5.78. The van der Waals surface area contributed by atoms with Gasteiger partial charge in [-0.15, -0.1) is 10.2 Å². The number of aliphatic hydroxyl groups is 1. The number of hydrogen-bond acceptors (Lipinski definition) is 9. The zero-order valence-corrected chi connectivity index (χ0v) is 16.0. The number of para-hydroxylation sites is 2. The van der Waals surface area contributed by atoms with Crippen molar-refractivity contribution in [3.05, 3.63) is 60.0 Å². The van der Waals surface area contributed by atoms with Gasteiger partial charge in [-0.05, 0) is 24.3 Å². The van der Waals surface area contributed by atoms with Crippen LogP contribution >= 0.6 is 23.1 Å². The van der Waals surface area contributed by atoms with Crippen molar-refractivity contribution < 1.29 is 9.52 Å². The minimum atomic E-state index is -0.0631. The summed E-state index contributed by atoms with van der Waals surface area (Å²) in [5.74, 6) is 1.27. The maximum Gasteiger partial charge on any atom is 0.206 e. The van der Waals surface area contributed by atoms with Crippen LogP contribution < -0.4 is 5.32 Å². The highest BCUT2D eigenvalue weighted by Gasteiger charge is 2.14. The number of aliphatic hydroxyl groups excluding tert-OH is 1. The number of hydrogen-bond donors (Lipinski definition) is 3. The summed E-state index contributed by atoms with van der Waals surface area (Å²) in [5.41, 5.74) is 1.66. The van der Waals surface area contributed by atoms with Gasteiger partial charge in [0.1, 0.15) is 23.2 Å². The molecule has 0 aliphatic carbocycles. The Hall–Kier alpha value is -3.29. The fraction of sp³-hybridized carbons (Fsp3) is 0.111. The number of aromatic amines is 1. The van der Waals surface area contributed by atoms with Gasteiger partial charge in [-0.2, -0.15) is 5.26 Å². The third-order valence-electron chi connectivity index (χ3n) is 3.76. The van der Waals surface area contributed by atoms with E-state index in [1.54, 1.807) is 6.26 Å². The van der Waals surface area contributed by atoms with E-state index in [0.717, 1.165) is 16.8 Å². The number of thioether (sulfide) groups is 1. The van der Waals surface area contributed by atoms with Crippen molar-refractivity contribution in [1.82, 2.24) is 20.2 Å². The highest BCUT2D eigenvalue weighted by Crippen LogP contribution is 2.28. The van der Waals surface area contributed by atoms with Gasteiger partial charge in [-0.25, -0.2) is 4.98 Å². The first-order valence-corrected chi connectivity index (χ1v) is 10.0. The molecule has 0 bridgehead atoms. The Morgan fingerprint density at radius 1 is 1.29 bits per heavy atom. The predicted octanol–water partition coefficient (Wildman–Crippen LogP) is 4.20. The fourth-order valence-electron chi connectivity index (χ4n) is 2.44. The standard InChI is InChI=1S/C18H14N6O2S2/c19-8-12(16-21-13-5-1-2-6-14(13)22-16)15(25)10-27-18-24-23-17(28-18)20-9-11-4-3-7-26-11/h1-7,25H,9-10H2,(H,20,23)(H,21,22)/b15-12-. The van der Waals surface area contributed by atoms with Crippen LogP contribution in [0.3, 0.4) is 0 Å². The lowest BCUT2D eigenvalue weighted by atomic mass is 10.2. The normalized spacial score (nSPS) is 12.0. The van der Waals surface area contributed by atoms with Crippen molar-refractivity contribution in [3.8, 4) is 6.07 Å². The van der Waals surface area contributed by atoms with Gasteiger partial charge in [0, 0.05) is 0 Å². The molecule has 8 nitrogen and oxygen atoms in total. The number of aromatic nitrogens is 4. The maximum atomic E-state index is 10.4. The summed E-state index contributed by atoms with van der Waals surface area (Å²) in [6.07, 6.45) is 1.61. The number of benzene rings is 1. The lowest BCUT2D eigenvalue weighted by Crippen LogP contribution is -1.96. The molecule has 1 aromatic carbocycles. The molecule has 3 N–H and O–H groups in total. The minimum absolute atomic E-state index is 0.0631. The van der Waals surface area contributed by atoms with E-state index < -0.39 is 0 Å². The van der Waals surface area contributed by atoms with Crippen molar-refractivity contribution >= 4 is 44.8 Å². The molecule has 4 rings (SSSR count). The van der Waals surface area contributed by atoms with Crippen molar-refractivity contribution in [2.45, 2.75) is 10.9 Å². The molecular weight excluding hydrogens is 396 g/mol. The van der Waals surface area contributed by atoms with E-state index in [0.29, 0.717) is 21.8 Å². The second-order valence-electron chi connectivity index (χ2n) is 5.63. The van der Waals surface area contributed by atoms with Crippen LogP contribution in [-0.4, -0.2) is 31.0 Å². The highest BCUT2D eigenvalue weighted by molar-refractivity contribution is 8.01. The van der Waals surface area contributed by atoms with Crippen LogP contribution in [0.1, 0.15) is 11.6 Å². The second kappa shape index (κ2) is 8.16. The van der Waals surface area contributed by atoms with Gasteiger partial charge in [-0.1, -0.05) is 35.2 Å². The second-order valence-corrected chi connectivity index (χ2v) is 7.83. The van der Waals surface area contributed by atoms with Crippen LogP contribution in [0, 0.1) is 11.3 Å². The summed E-state index contributed by atoms with van der Waals surface area (Å²) >= 11 is 2.66. The summed E-state index contributed by atoms with van der Waals surface area (Å²) < 4.78 is 5.93. The van der Waals surface area contributed by atoms with Crippen LogP contribution in [0.5, 0.6) is 0 Å². The van der Waals surface area contributed by atoms with Gasteiger partial charge in [0.2, 0.25) is 5.13 Å². The Labute approximate surface area is 167 Å². The molecule has 0 saturated heterocycles.